The van der Waals surface area contributed by atoms with E-state index >= 15 is 0 Å². The fraction of sp³-hybridized carbons (Fsp3) is 0.222. The molecule has 1 N–H and O–H groups in total. The predicted molar refractivity (Wildman–Crippen MR) is 94.1 cm³/mol. The molecule has 1 fully saturated rings. The molecule has 27 heavy (non-hydrogen) atoms. The first-order chi connectivity index (χ1) is 12.8. The van der Waals surface area contributed by atoms with Gasteiger partial charge in [-0.2, -0.15) is 13.2 Å². The molecule has 142 valence electrons. The molecule has 5 nitrogen and oxygen atoms in total. The molecule has 0 saturated carbocycles. The van der Waals surface area contributed by atoms with Gasteiger partial charge in [0, 0.05) is 4.47 Å². The molecule has 0 aliphatic carbocycles. The average molecular weight is 443 g/mol. The fourth-order valence-corrected chi connectivity index (χ4v) is 3.07. The van der Waals surface area contributed by atoms with Gasteiger partial charge in [-0.05, 0) is 29.8 Å². The minimum atomic E-state index is -5.00. The number of carbonyl (C=O) groups excluding carboxylic acids is 2. The van der Waals surface area contributed by atoms with Crippen LogP contribution in [-0.2, 0) is 10.3 Å². The van der Waals surface area contributed by atoms with E-state index in [1.54, 1.807) is 24.3 Å². The molecule has 1 unspecified atom stereocenters. The second-order valence-corrected chi connectivity index (χ2v) is 6.72. The summed E-state index contributed by atoms with van der Waals surface area (Å²) >= 11 is 3.27. The van der Waals surface area contributed by atoms with Crippen LogP contribution < -0.4 is 10.1 Å². The van der Waals surface area contributed by atoms with Gasteiger partial charge in [-0.15, -0.1) is 0 Å². The summed E-state index contributed by atoms with van der Waals surface area (Å²) in [6.07, 6.45) is -5.00. The molecule has 2 aromatic carbocycles. The second-order valence-electron chi connectivity index (χ2n) is 5.80. The van der Waals surface area contributed by atoms with E-state index in [9.17, 15) is 22.8 Å². The van der Waals surface area contributed by atoms with Gasteiger partial charge in [0.25, 0.3) is 5.91 Å². The van der Waals surface area contributed by atoms with E-state index in [1.165, 1.54) is 18.2 Å². The number of hydrogen-bond donors (Lipinski definition) is 1. The molecule has 1 heterocycles. The summed E-state index contributed by atoms with van der Waals surface area (Å²) in [6, 6.07) is 12.3. The van der Waals surface area contributed by atoms with Crippen LogP contribution in [0.3, 0.4) is 0 Å². The van der Waals surface area contributed by atoms with Crippen LogP contribution in [0.25, 0.3) is 0 Å². The van der Waals surface area contributed by atoms with E-state index in [1.807, 2.05) is 5.32 Å². The third-order valence-corrected chi connectivity index (χ3v) is 4.66. The van der Waals surface area contributed by atoms with Gasteiger partial charge in [0.2, 0.25) is 5.54 Å². The Bertz CT molecular complexity index is 843. The highest BCUT2D eigenvalue weighted by atomic mass is 79.9. The maximum atomic E-state index is 13.8. The number of imide groups is 1. The molecule has 1 atom stereocenters. The van der Waals surface area contributed by atoms with Gasteiger partial charge in [-0.25, -0.2) is 4.79 Å². The number of halogens is 4. The summed E-state index contributed by atoms with van der Waals surface area (Å²) in [5.74, 6) is -0.902. The Labute approximate surface area is 161 Å². The molecule has 2 aromatic rings. The average Bonchev–Trinajstić information content (AvgIpc) is 2.89. The first kappa shape index (κ1) is 19.2. The van der Waals surface area contributed by atoms with Crippen LogP contribution in [0, 0.1) is 0 Å². The van der Waals surface area contributed by atoms with Crippen LogP contribution >= 0.6 is 15.9 Å². The Morgan fingerprint density at radius 2 is 1.67 bits per heavy atom. The van der Waals surface area contributed by atoms with Gasteiger partial charge in [0.05, 0.1) is 6.54 Å². The van der Waals surface area contributed by atoms with Crippen molar-refractivity contribution in [2.75, 3.05) is 13.2 Å². The van der Waals surface area contributed by atoms with Crippen LogP contribution in [-0.4, -0.2) is 36.2 Å². The highest BCUT2D eigenvalue weighted by molar-refractivity contribution is 9.10. The number of urea groups is 1. The summed E-state index contributed by atoms with van der Waals surface area (Å²) in [6.45, 7) is -0.449. The van der Waals surface area contributed by atoms with E-state index in [4.69, 9.17) is 4.74 Å². The zero-order chi connectivity index (χ0) is 19.7. The van der Waals surface area contributed by atoms with Gasteiger partial charge in [0.1, 0.15) is 12.4 Å². The molecule has 1 aliphatic rings. The second kappa shape index (κ2) is 7.22. The van der Waals surface area contributed by atoms with E-state index < -0.39 is 23.7 Å². The third-order valence-electron chi connectivity index (χ3n) is 4.13. The van der Waals surface area contributed by atoms with Crippen LogP contribution in [0.4, 0.5) is 18.0 Å². The summed E-state index contributed by atoms with van der Waals surface area (Å²) in [5, 5.41) is 1.83. The van der Waals surface area contributed by atoms with Crippen molar-refractivity contribution in [2.45, 2.75) is 11.7 Å². The number of ether oxygens (including phenoxy) is 1. The van der Waals surface area contributed by atoms with E-state index in [-0.39, 0.29) is 18.7 Å². The SMILES string of the molecule is O=C1NC(c2ccccc2)(C(F)(F)F)C(=O)N1CCOc1ccc(Br)cc1. The molecule has 9 heteroatoms. The summed E-state index contributed by atoms with van der Waals surface area (Å²) in [4.78, 5) is 25.3. The van der Waals surface area contributed by atoms with Crippen LogP contribution in [0.15, 0.2) is 59.1 Å². The summed E-state index contributed by atoms with van der Waals surface area (Å²) < 4.78 is 47.7. The van der Waals surface area contributed by atoms with Crippen LogP contribution in [0.2, 0.25) is 0 Å². The van der Waals surface area contributed by atoms with Crippen molar-refractivity contribution in [3.8, 4) is 5.75 Å². The van der Waals surface area contributed by atoms with Crippen molar-refractivity contribution in [3.63, 3.8) is 0 Å². The molecular weight excluding hydrogens is 429 g/mol. The van der Waals surface area contributed by atoms with Crippen LogP contribution in [0.1, 0.15) is 5.56 Å². The van der Waals surface area contributed by atoms with Crippen molar-refractivity contribution in [3.05, 3.63) is 64.6 Å². The lowest BCUT2D eigenvalue weighted by molar-refractivity contribution is -0.198. The predicted octanol–water partition coefficient (Wildman–Crippen LogP) is 3.84. The first-order valence-electron chi connectivity index (χ1n) is 7.90. The molecule has 3 rings (SSSR count). The molecule has 0 bridgehead atoms. The number of nitrogens with zero attached hydrogens (tertiary/aromatic N) is 1. The minimum absolute atomic E-state index is 0.135. The number of hydrogen-bond acceptors (Lipinski definition) is 3. The highest BCUT2D eigenvalue weighted by Gasteiger charge is 2.68. The number of amides is 3. The Balaban J connectivity index is 1.79. The Kier molecular flexibility index (Phi) is 5.14. The zero-order valence-corrected chi connectivity index (χ0v) is 15.4. The zero-order valence-electron chi connectivity index (χ0n) is 13.8. The third kappa shape index (κ3) is 3.51. The smallest absolute Gasteiger partial charge is 0.425 e. The quantitative estimate of drug-likeness (QED) is 0.715. The standard InChI is InChI=1S/C18H14BrF3N2O3/c19-13-6-8-14(9-7-13)27-11-10-24-15(25)17(18(20,21)22,23-16(24)26)12-4-2-1-3-5-12/h1-9H,10-11H2,(H,23,26). The number of benzene rings is 2. The molecule has 0 radical (unpaired) electrons. The van der Waals surface area contributed by atoms with Crippen molar-refractivity contribution < 1.29 is 27.5 Å². The van der Waals surface area contributed by atoms with E-state index in [2.05, 4.69) is 15.9 Å². The lowest BCUT2D eigenvalue weighted by Crippen LogP contribution is -2.55. The Morgan fingerprint density at radius 3 is 2.26 bits per heavy atom. The number of alkyl halides is 3. The Morgan fingerprint density at radius 1 is 1.04 bits per heavy atom. The monoisotopic (exact) mass is 442 g/mol. The van der Waals surface area contributed by atoms with Crippen molar-refractivity contribution >= 4 is 27.9 Å². The molecule has 1 saturated heterocycles. The van der Waals surface area contributed by atoms with Crippen molar-refractivity contribution in [2.24, 2.45) is 0 Å². The van der Waals surface area contributed by atoms with Gasteiger partial charge >= 0.3 is 12.2 Å². The lowest BCUT2D eigenvalue weighted by Gasteiger charge is -2.29. The maximum absolute atomic E-state index is 13.8. The van der Waals surface area contributed by atoms with Crippen molar-refractivity contribution in [1.82, 2.24) is 10.2 Å². The maximum Gasteiger partial charge on any atom is 0.425 e. The normalized spacial score (nSPS) is 19.9. The molecular formula is C18H14BrF3N2O3. The summed E-state index contributed by atoms with van der Waals surface area (Å²) in [5.41, 5.74) is -3.43. The largest absolute Gasteiger partial charge is 0.492 e. The van der Waals surface area contributed by atoms with Gasteiger partial charge in [0.15, 0.2) is 0 Å². The number of nitrogens with one attached hydrogen (secondary N) is 1. The van der Waals surface area contributed by atoms with Gasteiger partial charge in [-0.3, -0.25) is 9.69 Å². The molecule has 1 aliphatic heterocycles. The number of rotatable bonds is 5. The summed E-state index contributed by atoms with van der Waals surface area (Å²) in [7, 11) is 0. The van der Waals surface area contributed by atoms with Gasteiger partial charge in [-0.1, -0.05) is 46.3 Å². The van der Waals surface area contributed by atoms with Crippen molar-refractivity contribution in [1.29, 1.82) is 0 Å². The highest BCUT2D eigenvalue weighted by Crippen LogP contribution is 2.43. The minimum Gasteiger partial charge on any atom is -0.492 e. The number of carbonyl (C=O) groups is 2. The molecule has 0 aromatic heterocycles. The van der Waals surface area contributed by atoms with E-state index in [0.717, 1.165) is 16.6 Å². The molecule has 3 amide bonds. The lowest BCUT2D eigenvalue weighted by atomic mass is 9.89. The van der Waals surface area contributed by atoms with Crippen LogP contribution in [0.5, 0.6) is 5.75 Å². The fourth-order valence-electron chi connectivity index (χ4n) is 2.80. The first-order valence-corrected chi connectivity index (χ1v) is 8.70. The van der Waals surface area contributed by atoms with Gasteiger partial charge < -0.3 is 10.1 Å². The Hall–Kier alpha value is -2.55. The van der Waals surface area contributed by atoms with E-state index in [0.29, 0.717) is 10.6 Å². The molecule has 0 spiro atoms. The topological polar surface area (TPSA) is 58.6 Å².